The number of hydrogen-bond donors (Lipinski definition) is 3. The molecule has 0 spiro atoms. The Labute approximate surface area is 78.4 Å². The van der Waals surface area contributed by atoms with Crippen LogP contribution in [-0.2, 0) is 11.2 Å². The fraction of sp³-hybridized carbons (Fsp3) is 0.111. The zero-order chi connectivity index (χ0) is 10.1. The molecule has 0 atom stereocenters. The minimum absolute atomic E-state index is 0.0973. The Hall–Kier alpha value is -2.04. The normalized spacial score (nSPS) is 10.6. The Balaban J connectivity index is 2.61. The topological polar surface area (TPSA) is 85.9 Å². The van der Waals surface area contributed by atoms with Crippen LogP contribution in [-0.4, -0.2) is 21.0 Å². The average Bonchev–Trinajstić information content (AvgIpc) is 2.47. The molecule has 0 amide bonds. The van der Waals surface area contributed by atoms with E-state index < -0.39 is 5.97 Å². The van der Waals surface area contributed by atoms with Crippen molar-refractivity contribution < 1.29 is 9.90 Å². The fourth-order valence-corrected chi connectivity index (χ4v) is 1.39. The number of H-pyrrole nitrogens is 2. The van der Waals surface area contributed by atoms with E-state index in [2.05, 4.69) is 9.97 Å². The molecule has 0 unspecified atom stereocenters. The number of carboxylic acid groups (broad SMARTS) is 1. The molecular formula is C9H8N2O3. The summed E-state index contributed by atoms with van der Waals surface area (Å²) in [4.78, 5) is 27.0. The average molecular weight is 192 g/mol. The molecule has 0 bridgehead atoms. The first-order valence-corrected chi connectivity index (χ1v) is 4.08. The molecule has 0 aliphatic heterocycles. The van der Waals surface area contributed by atoms with Gasteiger partial charge in [-0.15, -0.1) is 0 Å². The summed E-state index contributed by atoms with van der Waals surface area (Å²) in [5, 5.41) is 8.61. The second-order valence-corrected chi connectivity index (χ2v) is 3.00. The van der Waals surface area contributed by atoms with Gasteiger partial charge in [-0.05, 0) is 6.07 Å². The van der Waals surface area contributed by atoms with Crippen molar-refractivity contribution >= 4 is 17.0 Å². The van der Waals surface area contributed by atoms with Crippen LogP contribution in [0.15, 0.2) is 23.1 Å². The summed E-state index contributed by atoms with van der Waals surface area (Å²) in [5.74, 6) is -0.921. The lowest BCUT2D eigenvalue weighted by Gasteiger charge is -1.93. The van der Waals surface area contributed by atoms with E-state index in [9.17, 15) is 9.59 Å². The van der Waals surface area contributed by atoms with Crippen molar-refractivity contribution in [1.82, 2.24) is 9.97 Å². The Kier molecular flexibility index (Phi) is 1.85. The summed E-state index contributed by atoms with van der Waals surface area (Å²) in [6.07, 6.45) is 1.49. The molecule has 5 heteroatoms. The Morgan fingerprint density at radius 3 is 2.93 bits per heavy atom. The van der Waals surface area contributed by atoms with Crippen molar-refractivity contribution in [2.75, 3.05) is 0 Å². The lowest BCUT2D eigenvalue weighted by atomic mass is 10.2. The Bertz CT molecular complexity index is 538. The summed E-state index contributed by atoms with van der Waals surface area (Å²) >= 11 is 0. The smallest absolute Gasteiger partial charge is 0.307 e. The molecule has 14 heavy (non-hydrogen) atoms. The molecule has 0 fully saturated rings. The first-order chi connectivity index (χ1) is 6.66. The van der Waals surface area contributed by atoms with Gasteiger partial charge >= 0.3 is 5.97 Å². The molecule has 2 heterocycles. The quantitative estimate of drug-likeness (QED) is 0.647. The zero-order valence-corrected chi connectivity index (χ0v) is 7.20. The Morgan fingerprint density at radius 2 is 2.21 bits per heavy atom. The van der Waals surface area contributed by atoms with Gasteiger partial charge < -0.3 is 15.1 Å². The van der Waals surface area contributed by atoms with Crippen LogP contribution in [0.2, 0.25) is 0 Å². The summed E-state index contributed by atoms with van der Waals surface area (Å²) in [6.45, 7) is 0. The van der Waals surface area contributed by atoms with Gasteiger partial charge in [0, 0.05) is 17.8 Å². The number of pyridine rings is 1. The predicted molar refractivity (Wildman–Crippen MR) is 50.3 cm³/mol. The van der Waals surface area contributed by atoms with Gasteiger partial charge in [0.2, 0.25) is 5.56 Å². The summed E-state index contributed by atoms with van der Waals surface area (Å²) in [7, 11) is 0. The van der Waals surface area contributed by atoms with E-state index in [1.165, 1.54) is 6.07 Å². The van der Waals surface area contributed by atoms with Crippen LogP contribution >= 0.6 is 0 Å². The van der Waals surface area contributed by atoms with E-state index in [-0.39, 0.29) is 12.0 Å². The van der Waals surface area contributed by atoms with Crippen molar-refractivity contribution in [2.45, 2.75) is 6.42 Å². The van der Waals surface area contributed by atoms with E-state index in [0.29, 0.717) is 11.1 Å². The number of aromatic nitrogens is 2. The van der Waals surface area contributed by atoms with E-state index in [1.807, 2.05) is 0 Å². The van der Waals surface area contributed by atoms with Gasteiger partial charge in [-0.3, -0.25) is 9.59 Å². The fourth-order valence-electron chi connectivity index (χ4n) is 1.39. The lowest BCUT2D eigenvalue weighted by molar-refractivity contribution is -0.136. The van der Waals surface area contributed by atoms with Gasteiger partial charge in [-0.25, -0.2) is 0 Å². The molecular weight excluding hydrogens is 184 g/mol. The SMILES string of the molecule is O=C(O)Cc1c[nH]c2ccc(=O)[nH]c12. The molecule has 0 saturated carbocycles. The number of nitrogens with one attached hydrogen (secondary N) is 2. The highest BCUT2D eigenvalue weighted by atomic mass is 16.4. The van der Waals surface area contributed by atoms with Crippen LogP contribution < -0.4 is 5.56 Å². The number of hydrogen-bond acceptors (Lipinski definition) is 2. The third-order valence-corrected chi connectivity index (χ3v) is 1.98. The second kappa shape index (κ2) is 3.02. The standard InChI is InChI=1S/C9H8N2O3/c12-7-2-1-6-9(11-7)5(4-10-6)3-8(13)14/h1-2,4,10H,3H2,(H,11,12)(H,13,14). The van der Waals surface area contributed by atoms with Crippen LogP contribution in [0.3, 0.4) is 0 Å². The van der Waals surface area contributed by atoms with Crippen molar-refractivity contribution in [2.24, 2.45) is 0 Å². The number of carbonyl (C=O) groups is 1. The Morgan fingerprint density at radius 1 is 1.43 bits per heavy atom. The highest BCUT2D eigenvalue weighted by Crippen LogP contribution is 2.13. The van der Waals surface area contributed by atoms with Gasteiger partial charge in [-0.1, -0.05) is 0 Å². The molecule has 0 saturated heterocycles. The van der Waals surface area contributed by atoms with Gasteiger partial charge in [0.05, 0.1) is 17.5 Å². The largest absolute Gasteiger partial charge is 0.481 e. The van der Waals surface area contributed by atoms with Gasteiger partial charge in [0.15, 0.2) is 0 Å². The molecule has 3 N–H and O–H groups in total. The molecule has 72 valence electrons. The molecule has 0 aliphatic rings. The van der Waals surface area contributed by atoms with Crippen molar-refractivity contribution in [3.63, 3.8) is 0 Å². The summed E-state index contributed by atoms with van der Waals surface area (Å²) < 4.78 is 0. The van der Waals surface area contributed by atoms with E-state index in [4.69, 9.17) is 5.11 Å². The molecule has 0 aliphatic carbocycles. The second-order valence-electron chi connectivity index (χ2n) is 3.00. The third-order valence-electron chi connectivity index (χ3n) is 1.98. The van der Waals surface area contributed by atoms with Crippen molar-refractivity contribution in [1.29, 1.82) is 0 Å². The molecule has 2 aromatic rings. The van der Waals surface area contributed by atoms with Crippen molar-refractivity contribution in [3.8, 4) is 0 Å². The molecule has 0 radical (unpaired) electrons. The molecule has 2 aromatic heterocycles. The minimum Gasteiger partial charge on any atom is -0.481 e. The van der Waals surface area contributed by atoms with E-state index in [1.54, 1.807) is 12.3 Å². The van der Waals surface area contributed by atoms with Crippen LogP contribution in [0.25, 0.3) is 11.0 Å². The van der Waals surface area contributed by atoms with Crippen molar-refractivity contribution in [3.05, 3.63) is 34.2 Å². The maximum absolute atomic E-state index is 11.0. The molecule has 5 nitrogen and oxygen atoms in total. The lowest BCUT2D eigenvalue weighted by Crippen LogP contribution is -2.04. The monoisotopic (exact) mass is 192 g/mol. The first-order valence-electron chi connectivity index (χ1n) is 4.08. The molecule has 0 aromatic carbocycles. The number of aliphatic carboxylic acids is 1. The first kappa shape index (κ1) is 8.55. The van der Waals surface area contributed by atoms with E-state index >= 15 is 0 Å². The highest BCUT2D eigenvalue weighted by molar-refractivity contribution is 5.83. The number of carboxylic acids is 1. The third kappa shape index (κ3) is 1.39. The van der Waals surface area contributed by atoms with Crippen LogP contribution in [0.5, 0.6) is 0 Å². The summed E-state index contributed by atoms with van der Waals surface area (Å²) in [6, 6.07) is 3.02. The number of aromatic amines is 2. The molecule has 2 rings (SSSR count). The minimum atomic E-state index is -0.921. The van der Waals surface area contributed by atoms with Crippen LogP contribution in [0.4, 0.5) is 0 Å². The highest BCUT2D eigenvalue weighted by Gasteiger charge is 2.07. The van der Waals surface area contributed by atoms with Gasteiger partial charge in [0.25, 0.3) is 0 Å². The van der Waals surface area contributed by atoms with Gasteiger partial charge in [-0.2, -0.15) is 0 Å². The predicted octanol–water partition coefficient (Wildman–Crippen LogP) is 0.483. The number of fused-ring (bicyclic) bond motifs is 1. The zero-order valence-electron chi connectivity index (χ0n) is 7.20. The van der Waals surface area contributed by atoms with Crippen LogP contribution in [0.1, 0.15) is 5.56 Å². The summed E-state index contributed by atoms with van der Waals surface area (Å²) in [5.41, 5.74) is 1.66. The van der Waals surface area contributed by atoms with Crippen LogP contribution in [0, 0.1) is 0 Å². The van der Waals surface area contributed by atoms with E-state index in [0.717, 1.165) is 5.52 Å². The maximum Gasteiger partial charge on any atom is 0.307 e. The maximum atomic E-state index is 11.0. The van der Waals surface area contributed by atoms with Gasteiger partial charge in [0.1, 0.15) is 0 Å². The number of rotatable bonds is 2.